The Morgan fingerprint density at radius 2 is 2.14 bits per heavy atom. The van der Waals surface area contributed by atoms with E-state index >= 15 is 0 Å². The molecular formula is C15H20N2O4. The van der Waals surface area contributed by atoms with Crippen molar-refractivity contribution in [1.29, 1.82) is 0 Å². The molecule has 0 aliphatic carbocycles. The molecule has 6 nitrogen and oxygen atoms in total. The Bertz CT molecular complexity index is 533. The van der Waals surface area contributed by atoms with Gasteiger partial charge in [-0.15, -0.1) is 0 Å². The van der Waals surface area contributed by atoms with E-state index in [-0.39, 0.29) is 5.56 Å². The zero-order chi connectivity index (χ0) is 15.9. The van der Waals surface area contributed by atoms with Gasteiger partial charge in [-0.3, -0.25) is 4.98 Å². The summed E-state index contributed by atoms with van der Waals surface area (Å²) in [7, 11) is 0. The van der Waals surface area contributed by atoms with Gasteiger partial charge in [0.1, 0.15) is 5.60 Å². The van der Waals surface area contributed by atoms with Gasteiger partial charge in [-0.1, -0.05) is 6.08 Å². The van der Waals surface area contributed by atoms with E-state index in [9.17, 15) is 9.59 Å². The van der Waals surface area contributed by atoms with E-state index < -0.39 is 17.7 Å². The van der Waals surface area contributed by atoms with Gasteiger partial charge in [-0.2, -0.15) is 0 Å². The molecule has 0 spiro atoms. The summed E-state index contributed by atoms with van der Waals surface area (Å²) in [6.07, 6.45) is 4.99. The zero-order valence-corrected chi connectivity index (χ0v) is 12.4. The fourth-order valence-corrected chi connectivity index (χ4v) is 1.50. The van der Waals surface area contributed by atoms with Crippen LogP contribution in [0.2, 0.25) is 0 Å². The molecule has 114 valence electrons. The second-order valence-corrected chi connectivity index (χ2v) is 5.36. The summed E-state index contributed by atoms with van der Waals surface area (Å²) in [5, 5.41) is 11.6. The van der Waals surface area contributed by atoms with Crippen LogP contribution in [-0.2, 0) is 4.74 Å². The van der Waals surface area contributed by atoms with E-state index in [0.29, 0.717) is 18.7 Å². The second kappa shape index (κ2) is 7.42. The molecule has 1 aromatic heterocycles. The molecular weight excluding hydrogens is 272 g/mol. The first-order valence-corrected chi connectivity index (χ1v) is 6.61. The average molecular weight is 292 g/mol. The van der Waals surface area contributed by atoms with Crippen LogP contribution in [0.15, 0.2) is 24.4 Å². The fourth-order valence-electron chi connectivity index (χ4n) is 1.50. The van der Waals surface area contributed by atoms with Gasteiger partial charge in [0.2, 0.25) is 0 Å². The predicted molar refractivity (Wildman–Crippen MR) is 79.1 cm³/mol. The molecule has 1 aromatic rings. The Kier molecular flexibility index (Phi) is 5.90. The summed E-state index contributed by atoms with van der Waals surface area (Å²) in [5.74, 6) is -1.02. The van der Waals surface area contributed by atoms with Crippen LogP contribution in [0.1, 0.15) is 43.2 Å². The molecule has 0 radical (unpaired) electrons. The van der Waals surface area contributed by atoms with Crippen molar-refractivity contribution in [2.45, 2.75) is 32.8 Å². The summed E-state index contributed by atoms with van der Waals surface area (Å²) in [6, 6.07) is 3.07. The molecule has 0 aliphatic rings. The van der Waals surface area contributed by atoms with Crippen LogP contribution < -0.4 is 5.32 Å². The Hall–Kier alpha value is -2.37. The Morgan fingerprint density at radius 1 is 1.43 bits per heavy atom. The highest BCUT2D eigenvalue weighted by Gasteiger charge is 2.15. The van der Waals surface area contributed by atoms with Crippen LogP contribution in [0.25, 0.3) is 6.08 Å². The number of carbonyl (C=O) groups is 2. The van der Waals surface area contributed by atoms with Crippen molar-refractivity contribution >= 4 is 18.1 Å². The van der Waals surface area contributed by atoms with Gasteiger partial charge in [0.15, 0.2) is 0 Å². The third-order valence-electron chi connectivity index (χ3n) is 2.32. The standard InChI is InChI=1S/C15H20N2O4/c1-15(2,3)21-14(20)17-9-5-4-8-12-11(13(18)19)7-6-10-16-12/h4,6-8,10H,5,9H2,1-3H3,(H,17,20)(H,18,19). The molecule has 0 saturated heterocycles. The molecule has 0 aliphatic heterocycles. The number of carbonyl (C=O) groups excluding carboxylic acids is 1. The molecule has 6 heteroatoms. The lowest BCUT2D eigenvalue weighted by Gasteiger charge is -2.19. The first kappa shape index (κ1) is 16.7. The topological polar surface area (TPSA) is 88.5 Å². The van der Waals surface area contributed by atoms with E-state index in [1.165, 1.54) is 12.3 Å². The second-order valence-electron chi connectivity index (χ2n) is 5.36. The maximum absolute atomic E-state index is 11.4. The van der Waals surface area contributed by atoms with Crippen LogP contribution in [-0.4, -0.2) is 34.3 Å². The minimum Gasteiger partial charge on any atom is -0.478 e. The molecule has 0 saturated carbocycles. The normalized spacial score (nSPS) is 11.4. The number of carboxylic acids is 1. The van der Waals surface area contributed by atoms with Gasteiger partial charge in [0.25, 0.3) is 0 Å². The molecule has 2 N–H and O–H groups in total. The number of ether oxygens (including phenoxy) is 1. The summed E-state index contributed by atoms with van der Waals surface area (Å²) in [4.78, 5) is 26.4. The number of alkyl carbamates (subject to hydrolysis) is 1. The van der Waals surface area contributed by atoms with E-state index in [2.05, 4.69) is 10.3 Å². The maximum atomic E-state index is 11.4. The van der Waals surface area contributed by atoms with Gasteiger partial charge in [-0.25, -0.2) is 9.59 Å². The smallest absolute Gasteiger partial charge is 0.407 e. The third-order valence-corrected chi connectivity index (χ3v) is 2.32. The van der Waals surface area contributed by atoms with Crippen LogP contribution in [0.4, 0.5) is 4.79 Å². The van der Waals surface area contributed by atoms with Gasteiger partial charge in [0.05, 0.1) is 11.3 Å². The molecule has 0 unspecified atom stereocenters. The van der Waals surface area contributed by atoms with E-state index in [1.54, 1.807) is 39.0 Å². The number of aromatic carboxylic acids is 1. The Labute approximate surface area is 123 Å². The monoisotopic (exact) mass is 292 g/mol. The number of nitrogens with one attached hydrogen (secondary N) is 1. The molecule has 0 aromatic carbocycles. The minimum atomic E-state index is -1.02. The summed E-state index contributed by atoms with van der Waals surface area (Å²) < 4.78 is 5.09. The van der Waals surface area contributed by atoms with Crippen LogP contribution >= 0.6 is 0 Å². The molecule has 0 bridgehead atoms. The van der Waals surface area contributed by atoms with Crippen LogP contribution in [0.5, 0.6) is 0 Å². The van der Waals surface area contributed by atoms with E-state index in [0.717, 1.165) is 0 Å². The highest BCUT2D eigenvalue weighted by molar-refractivity contribution is 5.91. The van der Waals surface area contributed by atoms with Crippen LogP contribution in [0, 0.1) is 0 Å². The third kappa shape index (κ3) is 6.56. The van der Waals surface area contributed by atoms with Gasteiger partial charge < -0.3 is 15.2 Å². The van der Waals surface area contributed by atoms with Crippen molar-refractivity contribution in [3.63, 3.8) is 0 Å². The van der Waals surface area contributed by atoms with Gasteiger partial charge >= 0.3 is 12.1 Å². The number of hydrogen-bond donors (Lipinski definition) is 2. The number of nitrogens with zero attached hydrogens (tertiary/aromatic N) is 1. The average Bonchev–Trinajstić information content (AvgIpc) is 2.36. The van der Waals surface area contributed by atoms with E-state index in [4.69, 9.17) is 9.84 Å². The van der Waals surface area contributed by atoms with Crippen molar-refractivity contribution in [3.8, 4) is 0 Å². The van der Waals surface area contributed by atoms with E-state index in [1.807, 2.05) is 0 Å². The molecule has 1 heterocycles. The zero-order valence-electron chi connectivity index (χ0n) is 12.4. The van der Waals surface area contributed by atoms with Crippen molar-refractivity contribution in [3.05, 3.63) is 35.7 Å². The summed E-state index contributed by atoms with van der Waals surface area (Å²) >= 11 is 0. The molecule has 21 heavy (non-hydrogen) atoms. The largest absolute Gasteiger partial charge is 0.478 e. The van der Waals surface area contributed by atoms with Gasteiger partial charge in [0, 0.05) is 12.7 Å². The summed E-state index contributed by atoms with van der Waals surface area (Å²) in [6.45, 7) is 5.78. The SMILES string of the molecule is CC(C)(C)OC(=O)NCCC=Cc1ncccc1C(=O)O. The summed E-state index contributed by atoms with van der Waals surface area (Å²) in [5.41, 5.74) is 0.0145. The highest BCUT2D eigenvalue weighted by Crippen LogP contribution is 2.08. The fraction of sp³-hybridized carbons (Fsp3) is 0.400. The number of pyridine rings is 1. The number of hydrogen-bond acceptors (Lipinski definition) is 4. The molecule has 0 fully saturated rings. The number of amides is 1. The number of aromatic nitrogens is 1. The highest BCUT2D eigenvalue weighted by atomic mass is 16.6. The molecule has 1 rings (SSSR count). The minimum absolute atomic E-state index is 0.147. The first-order valence-electron chi connectivity index (χ1n) is 6.61. The Morgan fingerprint density at radius 3 is 2.76 bits per heavy atom. The van der Waals surface area contributed by atoms with Crippen LogP contribution in [0.3, 0.4) is 0 Å². The first-order chi connectivity index (χ1) is 9.79. The number of carboxylic acid groups (broad SMARTS) is 1. The predicted octanol–water partition coefficient (Wildman–Crippen LogP) is 2.71. The Balaban J connectivity index is 2.43. The van der Waals surface area contributed by atoms with Crippen molar-refractivity contribution in [1.82, 2.24) is 10.3 Å². The van der Waals surface area contributed by atoms with Gasteiger partial charge in [-0.05, 0) is 45.4 Å². The van der Waals surface area contributed by atoms with Crippen molar-refractivity contribution < 1.29 is 19.4 Å². The molecule has 0 atom stereocenters. The lowest BCUT2D eigenvalue weighted by Crippen LogP contribution is -2.32. The lowest BCUT2D eigenvalue weighted by atomic mass is 10.2. The lowest BCUT2D eigenvalue weighted by molar-refractivity contribution is 0.0528. The maximum Gasteiger partial charge on any atom is 0.407 e. The van der Waals surface area contributed by atoms with Crippen molar-refractivity contribution in [2.75, 3.05) is 6.54 Å². The molecule has 1 amide bonds. The quantitative estimate of drug-likeness (QED) is 0.814. The number of rotatable bonds is 5. The van der Waals surface area contributed by atoms with Crippen molar-refractivity contribution in [2.24, 2.45) is 0 Å².